The van der Waals surface area contributed by atoms with E-state index in [-0.39, 0.29) is 11.4 Å². The molecule has 0 unspecified atom stereocenters. The minimum Gasteiger partial charge on any atom is -0.459 e. The zero-order chi connectivity index (χ0) is 15.7. The molecule has 1 aromatic carbocycles. The van der Waals surface area contributed by atoms with Gasteiger partial charge < -0.3 is 9.72 Å². The number of halogens is 1. The van der Waals surface area contributed by atoms with Gasteiger partial charge in [0.25, 0.3) is 0 Å². The predicted octanol–water partition coefficient (Wildman–Crippen LogP) is 3.84. The second-order valence-corrected chi connectivity index (χ2v) is 5.44. The highest BCUT2D eigenvalue weighted by molar-refractivity contribution is 6.28. The van der Waals surface area contributed by atoms with Crippen molar-refractivity contribution >= 4 is 28.5 Å². The fourth-order valence-corrected chi connectivity index (χ4v) is 2.39. The summed E-state index contributed by atoms with van der Waals surface area (Å²) >= 11 is 5.91. The second-order valence-electron chi connectivity index (χ2n) is 5.10. The van der Waals surface area contributed by atoms with E-state index in [9.17, 15) is 4.79 Å². The lowest BCUT2D eigenvalue weighted by Crippen LogP contribution is -2.13. The first kappa shape index (κ1) is 14.5. The van der Waals surface area contributed by atoms with Crippen LogP contribution in [-0.4, -0.2) is 27.0 Å². The summed E-state index contributed by atoms with van der Waals surface area (Å²) in [5.74, 6) is -0.466. The maximum atomic E-state index is 12.3. The molecule has 0 bridgehead atoms. The molecule has 0 aliphatic rings. The minimum atomic E-state index is -0.466. The van der Waals surface area contributed by atoms with Crippen LogP contribution in [0.3, 0.4) is 0 Å². The summed E-state index contributed by atoms with van der Waals surface area (Å²) in [6.45, 7) is 3.58. The van der Waals surface area contributed by atoms with E-state index < -0.39 is 5.97 Å². The molecule has 3 rings (SSSR count). The number of aromatic amines is 1. The first-order chi connectivity index (χ1) is 10.6. The zero-order valence-corrected chi connectivity index (χ0v) is 12.9. The number of hydrogen-bond donors (Lipinski definition) is 1. The quantitative estimate of drug-likeness (QED) is 0.589. The van der Waals surface area contributed by atoms with Crippen LogP contribution in [0.1, 0.15) is 24.2 Å². The summed E-state index contributed by atoms with van der Waals surface area (Å²) in [4.78, 5) is 23.5. The molecule has 6 heteroatoms. The molecule has 22 heavy (non-hydrogen) atoms. The normalized spacial score (nSPS) is 11.1. The summed E-state index contributed by atoms with van der Waals surface area (Å²) < 4.78 is 5.25. The van der Waals surface area contributed by atoms with Crippen molar-refractivity contribution in [2.45, 2.75) is 20.0 Å². The lowest BCUT2D eigenvalue weighted by molar-refractivity contribution is 0.0378. The van der Waals surface area contributed by atoms with Crippen LogP contribution in [0, 0.1) is 0 Å². The monoisotopic (exact) mass is 315 g/mol. The average molecular weight is 316 g/mol. The van der Waals surface area contributed by atoms with E-state index in [0.29, 0.717) is 11.3 Å². The van der Waals surface area contributed by atoms with E-state index in [4.69, 9.17) is 16.3 Å². The molecule has 0 aliphatic heterocycles. The minimum absolute atomic E-state index is 0.0846. The van der Waals surface area contributed by atoms with Gasteiger partial charge in [0.15, 0.2) is 0 Å². The van der Waals surface area contributed by atoms with Gasteiger partial charge in [0.1, 0.15) is 5.56 Å². The van der Waals surface area contributed by atoms with Gasteiger partial charge in [-0.1, -0.05) is 18.2 Å². The lowest BCUT2D eigenvalue weighted by Gasteiger charge is -2.10. The number of rotatable bonds is 3. The van der Waals surface area contributed by atoms with Crippen molar-refractivity contribution in [1.82, 2.24) is 15.0 Å². The van der Waals surface area contributed by atoms with Crippen LogP contribution in [0.5, 0.6) is 0 Å². The lowest BCUT2D eigenvalue weighted by atomic mass is 10.1. The van der Waals surface area contributed by atoms with Gasteiger partial charge in [-0.25, -0.2) is 14.8 Å². The van der Waals surface area contributed by atoms with Gasteiger partial charge >= 0.3 is 5.97 Å². The summed E-state index contributed by atoms with van der Waals surface area (Å²) in [7, 11) is 0. The van der Waals surface area contributed by atoms with E-state index in [1.54, 1.807) is 20.0 Å². The number of para-hydroxylation sites is 1. The van der Waals surface area contributed by atoms with Crippen LogP contribution < -0.4 is 0 Å². The van der Waals surface area contributed by atoms with Gasteiger partial charge in [-0.2, -0.15) is 0 Å². The Balaban J connectivity index is 2.17. The number of fused-ring (bicyclic) bond motifs is 1. The van der Waals surface area contributed by atoms with Crippen LogP contribution in [0.4, 0.5) is 0 Å². The molecular formula is C16H14ClN3O2. The van der Waals surface area contributed by atoms with Crippen LogP contribution in [-0.2, 0) is 4.74 Å². The third kappa shape index (κ3) is 2.67. The number of esters is 1. The van der Waals surface area contributed by atoms with E-state index in [2.05, 4.69) is 15.0 Å². The van der Waals surface area contributed by atoms with Crippen molar-refractivity contribution < 1.29 is 9.53 Å². The van der Waals surface area contributed by atoms with Crippen molar-refractivity contribution in [3.05, 3.63) is 47.5 Å². The Hall–Kier alpha value is -2.40. The van der Waals surface area contributed by atoms with E-state index in [1.807, 2.05) is 24.3 Å². The number of H-pyrrole nitrogens is 1. The molecule has 2 heterocycles. The molecule has 0 fully saturated rings. The van der Waals surface area contributed by atoms with Crippen molar-refractivity contribution in [3.63, 3.8) is 0 Å². The number of ether oxygens (including phenoxy) is 1. The molecule has 1 N–H and O–H groups in total. The Bertz CT molecular complexity index is 842. The van der Waals surface area contributed by atoms with Crippen LogP contribution in [0.2, 0.25) is 5.28 Å². The molecule has 0 atom stereocenters. The molecule has 3 aromatic rings. The number of benzene rings is 1. The van der Waals surface area contributed by atoms with Crippen LogP contribution >= 0.6 is 11.6 Å². The van der Waals surface area contributed by atoms with Crippen LogP contribution in [0.25, 0.3) is 22.2 Å². The SMILES string of the molecule is CC(C)OC(=O)c1cnc(Cl)nc1-c1c[nH]c2ccccc12. The second kappa shape index (κ2) is 5.77. The molecule has 0 spiro atoms. The average Bonchev–Trinajstić information content (AvgIpc) is 2.90. The number of carbonyl (C=O) groups excluding carboxylic acids is 1. The predicted molar refractivity (Wildman–Crippen MR) is 84.9 cm³/mol. The Morgan fingerprint density at radius 3 is 2.86 bits per heavy atom. The highest BCUT2D eigenvalue weighted by atomic mass is 35.5. The molecule has 0 aliphatic carbocycles. The van der Waals surface area contributed by atoms with Crippen LogP contribution in [0.15, 0.2) is 36.7 Å². The fraction of sp³-hybridized carbons (Fsp3) is 0.188. The largest absolute Gasteiger partial charge is 0.459 e. The van der Waals surface area contributed by atoms with Gasteiger partial charge in [0.2, 0.25) is 5.28 Å². The molecule has 0 amide bonds. The Morgan fingerprint density at radius 1 is 1.32 bits per heavy atom. The topological polar surface area (TPSA) is 67.9 Å². The standard InChI is InChI=1S/C16H14ClN3O2/c1-9(2)22-15(21)12-8-19-16(17)20-14(12)11-7-18-13-6-4-3-5-10(11)13/h3-9,18H,1-2H3. The van der Waals surface area contributed by atoms with E-state index in [1.165, 1.54) is 6.20 Å². The van der Waals surface area contributed by atoms with Gasteiger partial charge in [0.05, 0.1) is 11.8 Å². The van der Waals surface area contributed by atoms with Gasteiger partial charge in [-0.05, 0) is 31.5 Å². The Labute approximate surface area is 132 Å². The summed E-state index contributed by atoms with van der Waals surface area (Å²) in [6.07, 6.45) is 2.98. The first-order valence-electron chi connectivity index (χ1n) is 6.86. The number of hydrogen-bond acceptors (Lipinski definition) is 4. The summed E-state index contributed by atoms with van der Waals surface area (Å²) in [6, 6.07) is 7.76. The van der Waals surface area contributed by atoms with Crippen molar-refractivity contribution in [3.8, 4) is 11.3 Å². The fourth-order valence-electron chi connectivity index (χ4n) is 2.26. The Kier molecular flexibility index (Phi) is 3.81. The zero-order valence-electron chi connectivity index (χ0n) is 12.1. The summed E-state index contributed by atoms with van der Waals surface area (Å²) in [5.41, 5.74) is 2.50. The molecular weight excluding hydrogens is 302 g/mol. The highest BCUT2D eigenvalue weighted by Gasteiger charge is 2.20. The molecule has 2 aromatic heterocycles. The molecule has 0 saturated heterocycles. The number of carbonyl (C=O) groups is 1. The van der Waals surface area contributed by atoms with Crippen molar-refractivity contribution in [2.24, 2.45) is 0 Å². The van der Waals surface area contributed by atoms with Gasteiger partial charge in [-0.3, -0.25) is 0 Å². The third-order valence-electron chi connectivity index (χ3n) is 3.17. The van der Waals surface area contributed by atoms with E-state index in [0.717, 1.165) is 16.5 Å². The third-order valence-corrected chi connectivity index (χ3v) is 3.35. The molecule has 0 saturated carbocycles. The number of nitrogens with zero attached hydrogens (tertiary/aromatic N) is 2. The van der Waals surface area contributed by atoms with Crippen molar-refractivity contribution in [2.75, 3.05) is 0 Å². The first-order valence-corrected chi connectivity index (χ1v) is 7.24. The van der Waals surface area contributed by atoms with Gasteiger partial charge in [-0.15, -0.1) is 0 Å². The van der Waals surface area contributed by atoms with Crippen molar-refractivity contribution in [1.29, 1.82) is 0 Å². The highest BCUT2D eigenvalue weighted by Crippen LogP contribution is 2.30. The number of nitrogens with one attached hydrogen (secondary N) is 1. The molecule has 5 nitrogen and oxygen atoms in total. The Morgan fingerprint density at radius 2 is 2.09 bits per heavy atom. The molecule has 112 valence electrons. The summed E-state index contributed by atoms with van der Waals surface area (Å²) in [5, 5.41) is 1.04. The maximum absolute atomic E-state index is 12.3. The molecule has 0 radical (unpaired) electrons. The smallest absolute Gasteiger partial charge is 0.342 e. The van der Waals surface area contributed by atoms with Gasteiger partial charge in [0, 0.05) is 28.9 Å². The van der Waals surface area contributed by atoms with E-state index >= 15 is 0 Å². The maximum Gasteiger partial charge on any atom is 0.342 e. The number of aromatic nitrogens is 3.